The SMILES string of the molecule is Cl.O=c1ccc2ccc(CCN3CCN(c4cccc5sc(F)cc45)CC3)cc2[nH]1. The number of rotatable bonds is 4. The van der Waals surface area contributed by atoms with E-state index in [1.807, 2.05) is 18.2 Å². The van der Waals surface area contributed by atoms with Crippen LogP contribution in [0.5, 0.6) is 0 Å². The van der Waals surface area contributed by atoms with Gasteiger partial charge in [0.05, 0.1) is 0 Å². The standard InChI is InChI=1S/C23H22FN3OS.ClH/c24-22-15-18-20(2-1-3-21(18)29-22)27-12-10-26(11-13-27)9-8-16-4-5-17-6-7-23(28)25-19(17)14-16;/h1-7,14-15H,8-13H2,(H,25,28);1H. The highest BCUT2D eigenvalue weighted by molar-refractivity contribution is 7.17. The molecule has 1 saturated heterocycles. The fraction of sp³-hybridized carbons (Fsp3) is 0.261. The first-order valence-corrected chi connectivity index (χ1v) is 10.7. The van der Waals surface area contributed by atoms with Crippen LogP contribution in [0.3, 0.4) is 0 Å². The van der Waals surface area contributed by atoms with Crippen LogP contribution in [-0.2, 0) is 6.42 Å². The lowest BCUT2D eigenvalue weighted by atomic mass is 10.1. The summed E-state index contributed by atoms with van der Waals surface area (Å²) in [5.41, 5.74) is 3.21. The summed E-state index contributed by atoms with van der Waals surface area (Å²) >= 11 is 1.21. The predicted octanol–water partition coefficient (Wildman–Crippen LogP) is 4.67. The molecule has 1 N–H and O–H groups in total. The lowest BCUT2D eigenvalue weighted by Crippen LogP contribution is -2.47. The molecule has 30 heavy (non-hydrogen) atoms. The molecule has 0 bridgehead atoms. The molecular weight excluding hydrogens is 421 g/mol. The molecule has 3 heterocycles. The summed E-state index contributed by atoms with van der Waals surface area (Å²) in [6, 6.07) is 17.5. The van der Waals surface area contributed by atoms with E-state index >= 15 is 0 Å². The van der Waals surface area contributed by atoms with Crippen molar-refractivity contribution in [2.24, 2.45) is 0 Å². The van der Waals surface area contributed by atoms with Gasteiger partial charge in [0.2, 0.25) is 5.56 Å². The van der Waals surface area contributed by atoms with Crippen LogP contribution in [0.4, 0.5) is 10.1 Å². The van der Waals surface area contributed by atoms with E-state index in [9.17, 15) is 9.18 Å². The van der Waals surface area contributed by atoms with E-state index < -0.39 is 0 Å². The van der Waals surface area contributed by atoms with Crippen molar-refractivity contribution in [2.75, 3.05) is 37.6 Å². The Morgan fingerprint density at radius 2 is 1.80 bits per heavy atom. The van der Waals surface area contributed by atoms with Crippen molar-refractivity contribution in [3.63, 3.8) is 0 Å². The molecule has 0 aliphatic carbocycles. The molecule has 1 aliphatic rings. The van der Waals surface area contributed by atoms with Crippen molar-refractivity contribution in [1.82, 2.24) is 9.88 Å². The van der Waals surface area contributed by atoms with Gasteiger partial charge in [-0.15, -0.1) is 23.7 Å². The van der Waals surface area contributed by atoms with Crippen molar-refractivity contribution < 1.29 is 4.39 Å². The van der Waals surface area contributed by atoms with Gasteiger partial charge in [0.25, 0.3) is 0 Å². The first-order chi connectivity index (χ1) is 14.2. The third-order valence-electron chi connectivity index (χ3n) is 5.73. The normalized spacial score (nSPS) is 14.9. The van der Waals surface area contributed by atoms with Gasteiger partial charge < -0.3 is 9.88 Å². The average Bonchev–Trinajstić information content (AvgIpc) is 3.12. The van der Waals surface area contributed by atoms with Crippen LogP contribution >= 0.6 is 23.7 Å². The lowest BCUT2D eigenvalue weighted by Gasteiger charge is -2.36. The van der Waals surface area contributed by atoms with Gasteiger partial charge in [-0.3, -0.25) is 9.69 Å². The van der Waals surface area contributed by atoms with Gasteiger partial charge in [0.15, 0.2) is 5.13 Å². The third kappa shape index (κ3) is 4.21. The van der Waals surface area contributed by atoms with Gasteiger partial charge in [0.1, 0.15) is 0 Å². The van der Waals surface area contributed by atoms with E-state index in [-0.39, 0.29) is 23.1 Å². The second-order valence-corrected chi connectivity index (χ2v) is 8.60. The number of fused-ring (bicyclic) bond motifs is 2. The number of aromatic amines is 1. The number of nitrogens with zero attached hydrogens (tertiary/aromatic N) is 2. The number of aromatic nitrogens is 1. The molecule has 0 spiro atoms. The van der Waals surface area contributed by atoms with E-state index in [4.69, 9.17) is 0 Å². The Labute approximate surface area is 184 Å². The molecule has 4 nitrogen and oxygen atoms in total. The quantitative estimate of drug-likeness (QED) is 0.498. The smallest absolute Gasteiger partial charge is 0.248 e. The van der Waals surface area contributed by atoms with Crippen molar-refractivity contribution in [3.05, 3.63) is 75.6 Å². The van der Waals surface area contributed by atoms with Crippen LogP contribution in [-0.4, -0.2) is 42.6 Å². The van der Waals surface area contributed by atoms with E-state index in [0.29, 0.717) is 0 Å². The molecule has 0 atom stereocenters. The molecule has 7 heteroatoms. The third-order valence-corrected chi connectivity index (χ3v) is 6.62. The molecule has 2 aromatic carbocycles. The summed E-state index contributed by atoms with van der Waals surface area (Å²) in [4.78, 5) is 19.3. The van der Waals surface area contributed by atoms with Gasteiger partial charge >= 0.3 is 0 Å². The second kappa shape index (κ2) is 8.76. The van der Waals surface area contributed by atoms with Crippen LogP contribution in [0.15, 0.2) is 59.4 Å². The summed E-state index contributed by atoms with van der Waals surface area (Å²) in [5, 5.41) is 1.96. The Kier molecular flexibility index (Phi) is 6.09. The minimum Gasteiger partial charge on any atom is -0.368 e. The Bertz CT molecular complexity index is 1230. The molecule has 4 aromatic rings. The second-order valence-electron chi connectivity index (χ2n) is 7.56. The topological polar surface area (TPSA) is 39.3 Å². The van der Waals surface area contributed by atoms with Crippen LogP contribution < -0.4 is 10.5 Å². The largest absolute Gasteiger partial charge is 0.368 e. The number of pyridine rings is 1. The lowest BCUT2D eigenvalue weighted by molar-refractivity contribution is 0.261. The highest BCUT2D eigenvalue weighted by atomic mass is 35.5. The number of hydrogen-bond donors (Lipinski definition) is 1. The molecule has 1 fully saturated rings. The van der Waals surface area contributed by atoms with Gasteiger partial charge in [-0.05, 0) is 47.7 Å². The highest BCUT2D eigenvalue weighted by Crippen LogP contribution is 2.33. The Hall–Kier alpha value is -2.41. The van der Waals surface area contributed by atoms with Crippen LogP contribution in [0, 0.1) is 5.13 Å². The molecule has 0 amide bonds. The summed E-state index contributed by atoms with van der Waals surface area (Å²) in [6.07, 6.45) is 0.957. The zero-order chi connectivity index (χ0) is 19.8. The summed E-state index contributed by atoms with van der Waals surface area (Å²) < 4.78 is 14.7. The monoisotopic (exact) mass is 443 g/mol. The van der Waals surface area contributed by atoms with E-state index in [0.717, 1.165) is 65.8 Å². The van der Waals surface area contributed by atoms with Gasteiger partial charge in [-0.2, -0.15) is 4.39 Å². The number of benzene rings is 2. The minimum atomic E-state index is -0.122. The average molecular weight is 444 g/mol. The van der Waals surface area contributed by atoms with E-state index in [2.05, 4.69) is 39.0 Å². The van der Waals surface area contributed by atoms with E-state index in [1.54, 1.807) is 12.1 Å². The first-order valence-electron chi connectivity index (χ1n) is 9.93. The van der Waals surface area contributed by atoms with Crippen LogP contribution in [0.25, 0.3) is 21.0 Å². The fourth-order valence-electron chi connectivity index (χ4n) is 4.14. The van der Waals surface area contributed by atoms with Gasteiger partial charge in [-0.1, -0.05) is 18.2 Å². The van der Waals surface area contributed by atoms with E-state index in [1.165, 1.54) is 16.9 Å². The molecule has 0 radical (unpaired) electrons. The predicted molar refractivity (Wildman–Crippen MR) is 126 cm³/mol. The maximum Gasteiger partial charge on any atom is 0.248 e. The molecule has 2 aromatic heterocycles. The van der Waals surface area contributed by atoms with Gasteiger partial charge in [0, 0.05) is 60.1 Å². The maximum absolute atomic E-state index is 13.7. The summed E-state index contributed by atoms with van der Waals surface area (Å²) in [5.74, 6) is 0. The number of anilines is 1. The zero-order valence-electron chi connectivity index (χ0n) is 16.4. The maximum atomic E-state index is 13.7. The molecule has 0 saturated carbocycles. The molecule has 0 unspecified atom stereocenters. The summed E-state index contributed by atoms with van der Waals surface area (Å²) in [7, 11) is 0. The number of piperazine rings is 1. The first kappa shape index (κ1) is 20.8. The van der Waals surface area contributed by atoms with Crippen molar-refractivity contribution in [3.8, 4) is 0 Å². The van der Waals surface area contributed by atoms with Crippen LogP contribution in [0.2, 0.25) is 0 Å². The summed E-state index contributed by atoms with van der Waals surface area (Å²) in [6.45, 7) is 4.87. The highest BCUT2D eigenvalue weighted by Gasteiger charge is 2.19. The minimum absolute atomic E-state index is 0. The van der Waals surface area contributed by atoms with Crippen molar-refractivity contribution in [2.45, 2.75) is 6.42 Å². The van der Waals surface area contributed by atoms with Gasteiger partial charge in [-0.25, -0.2) is 0 Å². The van der Waals surface area contributed by atoms with Crippen molar-refractivity contribution in [1.29, 1.82) is 0 Å². The number of nitrogens with one attached hydrogen (secondary N) is 1. The Morgan fingerprint density at radius 3 is 2.63 bits per heavy atom. The molecular formula is C23H23ClFN3OS. The molecule has 156 valence electrons. The fourth-order valence-corrected chi connectivity index (χ4v) is 4.95. The number of hydrogen-bond acceptors (Lipinski definition) is 4. The zero-order valence-corrected chi connectivity index (χ0v) is 18.1. The number of thiophene rings is 1. The van der Waals surface area contributed by atoms with Crippen molar-refractivity contribution >= 4 is 50.4 Å². The number of H-pyrrole nitrogens is 1. The Morgan fingerprint density at radius 1 is 1.00 bits per heavy atom. The molecule has 5 rings (SSSR count). The molecule has 1 aliphatic heterocycles. The van der Waals surface area contributed by atoms with Crippen LogP contribution in [0.1, 0.15) is 5.56 Å². The Balaban J connectivity index is 0.00000218. The number of halogens is 2.